The number of unbranched alkanes of at least 4 members (excludes halogenated alkanes) is 10. The molecule has 2 aromatic rings. The fourth-order valence-electron chi connectivity index (χ4n) is 8.08. The van der Waals surface area contributed by atoms with Crippen LogP contribution in [0.4, 0.5) is 0 Å². The maximum Gasteiger partial charge on any atom is 0.500 e. The Hall–Kier alpha value is -1.60. The zero-order valence-corrected chi connectivity index (χ0v) is 31.7. The van der Waals surface area contributed by atoms with Crippen LogP contribution < -0.4 is 20.9 Å². The highest BCUT2D eigenvalue weighted by Gasteiger charge is 2.55. The van der Waals surface area contributed by atoms with Gasteiger partial charge in [0.1, 0.15) is 6.20 Å². The summed E-state index contributed by atoms with van der Waals surface area (Å²) in [5, 5.41) is 0. The number of pyridine rings is 1. The largest absolute Gasteiger partial charge is 0.500 e. The van der Waals surface area contributed by atoms with E-state index >= 15 is 0 Å². The lowest BCUT2D eigenvalue weighted by atomic mass is 9.27. The first-order chi connectivity index (χ1) is 22.2. The third kappa shape index (κ3) is 7.33. The van der Waals surface area contributed by atoms with E-state index in [0.29, 0.717) is 0 Å². The zero-order chi connectivity index (χ0) is 34.1. The lowest BCUT2D eigenvalue weighted by Crippen LogP contribution is -2.70. The van der Waals surface area contributed by atoms with E-state index in [4.69, 9.17) is 18.6 Å². The van der Waals surface area contributed by atoms with Gasteiger partial charge in [0.25, 0.3) is 0 Å². The van der Waals surface area contributed by atoms with Gasteiger partial charge in [0.15, 0.2) is 5.69 Å². The van der Waals surface area contributed by atoms with Crippen LogP contribution in [0.15, 0.2) is 36.5 Å². The van der Waals surface area contributed by atoms with Crippen molar-refractivity contribution in [2.75, 3.05) is 0 Å². The van der Waals surface area contributed by atoms with Crippen LogP contribution in [0.5, 0.6) is 0 Å². The van der Waals surface area contributed by atoms with Crippen LogP contribution in [-0.4, -0.2) is 42.9 Å². The van der Waals surface area contributed by atoms with Crippen LogP contribution in [0.25, 0.3) is 11.3 Å². The van der Waals surface area contributed by atoms with Gasteiger partial charge in [-0.05, 0) is 60.9 Å². The second-order valence-corrected chi connectivity index (χ2v) is 17.1. The molecular formula is C39H64B3NO4. The van der Waals surface area contributed by atoms with Crippen molar-refractivity contribution in [2.45, 2.75) is 181 Å². The highest BCUT2D eigenvalue weighted by Crippen LogP contribution is 2.39. The van der Waals surface area contributed by atoms with Crippen LogP contribution in [-0.2, 0) is 18.6 Å². The number of aromatic nitrogens is 1. The van der Waals surface area contributed by atoms with Crippen molar-refractivity contribution in [1.29, 1.82) is 0 Å². The van der Waals surface area contributed by atoms with Gasteiger partial charge in [-0.25, -0.2) is 0 Å². The van der Waals surface area contributed by atoms with Gasteiger partial charge in [0.2, 0.25) is 0 Å². The van der Waals surface area contributed by atoms with Crippen LogP contribution in [0.1, 0.15) is 146 Å². The number of hydrogen-bond donors (Lipinski definition) is 0. The predicted molar refractivity (Wildman–Crippen MR) is 201 cm³/mol. The molecule has 2 fully saturated rings. The lowest BCUT2D eigenvalue weighted by molar-refractivity contribution is -0.529. The van der Waals surface area contributed by atoms with Gasteiger partial charge < -0.3 is 23.1 Å². The molecule has 1 aromatic carbocycles. The van der Waals surface area contributed by atoms with Gasteiger partial charge in [-0.15, -0.1) is 18.1 Å². The molecule has 0 bridgehead atoms. The number of rotatable bonds is 16. The minimum absolute atomic E-state index is 0.365. The van der Waals surface area contributed by atoms with Crippen LogP contribution >= 0.6 is 0 Å². The molecule has 47 heavy (non-hydrogen) atoms. The van der Waals surface area contributed by atoms with Crippen LogP contribution in [0, 0.1) is 0 Å². The minimum Gasteiger partial charge on any atom is -0.416 e. The molecule has 1 aromatic heterocycles. The third-order valence-electron chi connectivity index (χ3n) is 12.6. The first-order valence-electron chi connectivity index (χ1n) is 19.3. The van der Waals surface area contributed by atoms with E-state index in [2.05, 4.69) is 110 Å². The monoisotopic (exact) mass is 644 g/mol. The Labute approximate surface area is 288 Å². The van der Waals surface area contributed by atoms with Gasteiger partial charge >= 0.3 is 20.5 Å². The van der Waals surface area contributed by atoms with E-state index in [0.717, 1.165) is 10.9 Å². The summed E-state index contributed by atoms with van der Waals surface area (Å²) in [6.45, 7) is 21.8. The molecule has 5 rings (SSSR count). The molecule has 4 heterocycles. The SMILES string of the molecule is CCCCCCCC[B-]1(CCCCCCCC)c2cc(B3OC(C)(C)C(C)(C)O3)ccc2-c2ccc(B3OC(C)(C)C(C)(C)O3)c[n+]21. The molecule has 0 amide bonds. The maximum absolute atomic E-state index is 6.60. The lowest BCUT2D eigenvalue weighted by Gasteiger charge is -2.32. The van der Waals surface area contributed by atoms with E-state index in [9.17, 15) is 0 Å². The molecule has 0 N–H and O–H groups in total. The molecule has 0 spiro atoms. The average molecular weight is 643 g/mol. The van der Waals surface area contributed by atoms with Gasteiger partial charge in [0.05, 0.1) is 22.4 Å². The Bertz CT molecular complexity index is 1240. The van der Waals surface area contributed by atoms with Crippen molar-refractivity contribution in [1.82, 2.24) is 0 Å². The van der Waals surface area contributed by atoms with E-state index in [-0.39, 0.29) is 36.6 Å². The first-order valence-corrected chi connectivity index (χ1v) is 19.3. The fraction of sp³-hybridized carbons (Fsp3) is 0.718. The van der Waals surface area contributed by atoms with E-state index in [1.165, 1.54) is 106 Å². The average Bonchev–Trinajstić information content (AvgIpc) is 3.50. The van der Waals surface area contributed by atoms with Gasteiger partial charge in [0, 0.05) is 17.1 Å². The van der Waals surface area contributed by atoms with Crippen LogP contribution in [0.2, 0.25) is 12.6 Å². The van der Waals surface area contributed by atoms with Gasteiger partial charge in [-0.2, -0.15) is 0 Å². The molecule has 5 nitrogen and oxygen atoms in total. The highest BCUT2D eigenvalue weighted by molar-refractivity contribution is 6.87. The summed E-state index contributed by atoms with van der Waals surface area (Å²) in [5.41, 5.74) is 4.94. The Balaban J connectivity index is 1.55. The summed E-state index contributed by atoms with van der Waals surface area (Å²) >= 11 is 0. The highest BCUT2D eigenvalue weighted by atomic mass is 16.7. The number of fused-ring (bicyclic) bond motifs is 3. The molecule has 0 radical (unpaired) electrons. The number of nitrogens with zero attached hydrogens (tertiary/aromatic N) is 1. The summed E-state index contributed by atoms with van der Waals surface area (Å²) in [6.07, 6.45) is 19.3. The number of benzene rings is 1. The first kappa shape index (κ1) is 36.7. The van der Waals surface area contributed by atoms with Crippen molar-refractivity contribution in [2.24, 2.45) is 0 Å². The predicted octanol–water partition coefficient (Wildman–Crippen LogP) is 7.97. The van der Waals surface area contributed by atoms with E-state index < -0.39 is 6.28 Å². The van der Waals surface area contributed by atoms with Gasteiger partial charge in [-0.3, -0.25) is 0 Å². The smallest absolute Gasteiger partial charge is 0.416 e. The molecule has 0 unspecified atom stereocenters. The minimum atomic E-state index is -1.08. The Morgan fingerprint density at radius 2 is 0.979 bits per heavy atom. The van der Waals surface area contributed by atoms with Crippen molar-refractivity contribution in [3.05, 3.63) is 36.5 Å². The second-order valence-electron chi connectivity index (χ2n) is 17.1. The summed E-state index contributed by atoms with van der Waals surface area (Å²) in [4.78, 5) is 0. The fourth-order valence-corrected chi connectivity index (χ4v) is 8.08. The molecule has 8 heteroatoms. The standard InChI is InChI=1S/C39H64B3NO4/c1-11-13-15-17-19-21-27-42(28-22-20-18-16-14-12-2)34-29-31(40-44-36(3,4)37(5,6)45-40)23-25-33(34)35-26-24-32(30-43(35)42)41-46-38(7,8)39(9,10)47-41/h23-26,29-30H,11-22,27-28H2,1-10H3. The molecule has 0 atom stereocenters. The Morgan fingerprint density at radius 3 is 1.47 bits per heavy atom. The molecule has 3 aliphatic heterocycles. The summed E-state index contributed by atoms with van der Waals surface area (Å²) in [5.74, 6) is 0. The van der Waals surface area contributed by atoms with Crippen molar-refractivity contribution < 1.29 is 23.1 Å². The summed E-state index contributed by atoms with van der Waals surface area (Å²) in [6, 6.07) is 11.6. The van der Waals surface area contributed by atoms with E-state index in [1.807, 2.05) is 0 Å². The number of hydrogen-bond acceptors (Lipinski definition) is 4. The Kier molecular flexibility index (Phi) is 11.2. The van der Waals surface area contributed by atoms with Crippen LogP contribution in [0.3, 0.4) is 0 Å². The third-order valence-corrected chi connectivity index (χ3v) is 12.6. The topological polar surface area (TPSA) is 40.8 Å². The second kappa shape index (κ2) is 14.3. The quantitative estimate of drug-likeness (QED) is 0.138. The van der Waals surface area contributed by atoms with Crippen molar-refractivity contribution >= 4 is 36.9 Å². The molecule has 3 aliphatic rings. The molecular weight excluding hydrogens is 579 g/mol. The molecule has 0 saturated carbocycles. The molecule has 0 aliphatic carbocycles. The molecule has 258 valence electrons. The van der Waals surface area contributed by atoms with E-state index in [1.54, 1.807) is 0 Å². The maximum atomic E-state index is 6.60. The summed E-state index contributed by atoms with van der Waals surface area (Å²) < 4.78 is 29.1. The normalized spacial score (nSPS) is 21.3. The van der Waals surface area contributed by atoms with Gasteiger partial charge in [-0.1, -0.05) is 115 Å². The van der Waals surface area contributed by atoms with Crippen molar-refractivity contribution in [3.63, 3.8) is 0 Å². The van der Waals surface area contributed by atoms with Crippen molar-refractivity contribution in [3.8, 4) is 11.3 Å². The summed E-state index contributed by atoms with van der Waals surface area (Å²) in [7, 11) is -0.741. The zero-order valence-electron chi connectivity index (χ0n) is 31.7. The molecule has 2 saturated heterocycles. The Morgan fingerprint density at radius 1 is 0.553 bits per heavy atom.